The van der Waals surface area contributed by atoms with Crippen molar-refractivity contribution in [2.75, 3.05) is 11.1 Å². The second kappa shape index (κ2) is 4.35. The van der Waals surface area contributed by atoms with Gasteiger partial charge in [-0.05, 0) is 26.0 Å². The SMILES string of the molecule is CC(C)(Nc1cc(C(F)(F)F)cc(N)n1)C(N)=O. The van der Waals surface area contributed by atoms with E-state index in [0.29, 0.717) is 6.07 Å². The lowest BCUT2D eigenvalue weighted by atomic mass is 10.1. The second-order valence-corrected chi connectivity index (χ2v) is 4.28. The van der Waals surface area contributed by atoms with Crippen LogP contribution in [0.1, 0.15) is 19.4 Å². The molecule has 0 atom stereocenters. The molecule has 8 heteroatoms. The fourth-order valence-corrected chi connectivity index (χ4v) is 1.16. The average Bonchev–Trinajstić information content (AvgIpc) is 2.13. The normalized spacial score (nSPS) is 12.3. The highest BCUT2D eigenvalue weighted by atomic mass is 19.4. The molecule has 0 aliphatic heterocycles. The van der Waals surface area contributed by atoms with E-state index in [1.165, 1.54) is 13.8 Å². The summed E-state index contributed by atoms with van der Waals surface area (Å²) >= 11 is 0. The first kappa shape index (κ1) is 14.1. The number of pyridine rings is 1. The van der Waals surface area contributed by atoms with E-state index in [9.17, 15) is 18.0 Å². The lowest BCUT2D eigenvalue weighted by Gasteiger charge is -2.23. The maximum absolute atomic E-state index is 12.5. The number of nitrogens with one attached hydrogen (secondary N) is 1. The summed E-state index contributed by atoms with van der Waals surface area (Å²) in [6.07, 6.45) is -4.54. The van der Waals surface area contributed by atoms with E-state index < -0.39 is 23.2 Å². The zero-order valence-corrected chi connectivity index (χ0v) is 9.80. The van der Waals surface area contributed by atoms with Gasteiger partial charge in [-0.3, -0.25) is 4.79 Å². The molecule has 1 aromatic heterocycles. The van der Waals surface area contributed by atoms with Gasteiger partial charge in [0.1, 0.15) is 17.2 Å². The lowest BCUT2D eigenvalue weighted by molar-refractivity contribution is -0.137. The summed E-state index contributed by atoms with van der Waals surface area (Å²) in [4.78, 5) is 14.7. The molecule has 0 spiro atoms. The Bertz CT molecular complexity index is 471. The summed E-state index contributed by atoms with van der Waals surface area (Å²) in [7, 11) is 0. The Labute approximate surface area is 101 Å². The standard InChI is InChI=1S/C10H13F3N4O/c1-9(2,8(15)18)17-7-4-5(10(11,12)13)3-6(14)16-7/h3-4H,1-2H3,(H2,15,18)(H3,14,16,17). The number of carbonyl (C=O) groups excluding carboxylic acids is 1. The number of aromatic nitrogens is 1. The van der Waals surface area contributed by atoms with Gasteiger partial charge in [-0.2, -0.15) is 13.2 Å². The number of halogens is 3. The van der Waals surface area contributed by atoms with Crippen LogP contribution in [0.2, 0.25) is 0 Å². The van der Waals surface area contributed by atoms with Crippen LogP contribution in [0.3, 0.4) is 0 Å². The number of carbonyl (C=O) groups is 1. The Balaban J connectivity index is 3.12. The van der Waals surface area contributed by atoms with Crippen LogP contribution in [-0.2, 0) is 11.0 Å². The van der Waals surface area contributed by atoms with Crippen LogP contribution in [0.15, 0.2) is 12.1 Å². The molecule has 0 aromatic carbocycles. The third-order valence-electron chi connectivity index (χ3n) is 2.23. The molecule has 18 heavy (non-hydrogen) atoms. The molecule has 0 aliphatic rings. The van der Waals surface area contributed by atoms with Gasteiger partial charge < -0.3 is 16.8 Å². The minimum absolute atomic E-state index is 0.161. The number of hydrogen-bond donors (Lipinski definition) is 3. The van der Waals surface area contributed by atoms with Crippen LogP contribution in [-0.4, -0.2) is 16.4 Å². The number of amides is 1. The molecule has 100 valence electrons. The third-order valence-corrected chi connectivity index (χ3v) is 2.23. The van der Waals surface area contributed by atoms with Gasteiger partial charge in [0.25, 0.3) is 0 Å². The summed E-state index contributed by atoms with van der Waals surface area (Å²) in [6.45, 7) is 2.85. The highest BCUT2D eigenvalue weighted by Gasteiger charge is 2.32. The van der Waals surface area contributed by atoms with E-state index in [2.05, 4.69) is 10.3 Å². The fourth-order valence-electron chi connectivity index (χ4n) is 1.16. The van der Waals surface area contributed by atoms with Gasteiger partial charge in [0.15, 0.2) is 0 Å². The molecule has 0 saturated heterocycles. The van der Waals surface area contributed by atoms with Crippen molar-refractivity contribution in [3.8, 4) is 0 Å². The van der Waals surface area contributed by atoms with Gasteiger partial charge in [0.05, 0.1) is 5.56 Å². The van der Waals surface area contributed by atoms with Crippen molar-refractivity contribution in [3.05, 3.63) is 17.7 Å². The first-order valence-electron chi connectivity index (χ1n) is 4.95. The van der Waals surface area contributed by atoms with Crippen molar-refractivity contribution in [2.45, 2.75) is 25.6 Å². The monoisotopic (exact) mass is 262 g/mol. The second-order valence-electron chi connectivity index (χ2n) is 4.28. The van der Waals surface area contributed by atoms with Gasteiger partial charge in [-0.1, -0.05) is 0 Å². The van der Waals surface area contributed by atoms with Crippen molar-refractivity contribution >= 4 is 17.5 Å². The first-order chi connectivity index (χ1) is 8.02. The van der Waals surface area contributed by atoms with E-state index in [1.54, 1.807) is 0 Å². The Morgan fingerprint density at radius 3 is 2.33 bits per heavy atom. The van der Waals surface area contributed by atoms with Crippen LogP contribution < -0.4 is 16.8 Å². The maximum atomic E-state index is 12.5. The molecule has 5 N–H and O–H groups in total. The molecule has 1 amide bonds. The number of rotatable bonds is 3. The molecule has 0 fully saturated rings. The number of primary amides is 1. The molecular weight excluding hydrogens is 249 g/mol. The predicted molar refractivity (Wildman–Crippen MR) is 60.5 cm³/mol. The molecule has 0 bridgehead atoms. The molecule has 0 unspecified atom stereocenters. The Kier molecular flexibility index (Phi) is 3.40. The van der Waals surface area contributed by atoms with E-state index in [4.69, 9.17) is 11.5 Å². The molecule has 1 heterocycles. The molecule has 0 saturated carbocycles. The fraction of sp³-hybridized carbons (Fsp3) is 0.400. The summed E-state index contributed by atoms with van der Waals surface area (Å²) in [5, 5.41) is 2.51. The predicted octanol–water partition coefficient (Wildman–Crippen LogP) is 1.36. The average molecular weight is 262 g/mol. The molecule has 1 aromatic rings. The Hall–Kier alpha value is -1.99. The van der Waals surface area contributed by atoms with E-state index in [-0.39, 0.29) is 11.6 Å². The quantitative estimate of drug-likeness (QED) is 0.766. The summed E-state index contributed by atoms with van der Waals surface area (Å²) in [5.41, 5.74) is 8.20. The highest BCUT2D eigenvalue weighted by molar-refractivity contribution is 5.86. The van der Waals surface area contributed by atoms with Crippen LogP contribution in [0.5, 0.6) is 0 Å². The van der Waals surface area contributed by atoms with E-state index in [0.717, 1.165) is 6.07 Å². The van der Waals surface area contributed by atoms with Crippen molar-refractivity contribution in [1.29, 1.82) is 0 Å². The van der Waals surface area contributed by atoms with Crippen molar-refractivity contribution in [3.63, 3.8) is 0 Å². The lowest BCUT2D eigenvalue weighted by Crippen LogP contribution is -2.45. The largest absolute Gasteiger partial charge is 0.416 e. The molecule has 5 nitrogen and oxygen atoms in total. The first-order valence-corrected chi connectivity index (χ1v) is 4.95. The molecule has 0 aliphatic carbocycles. The molecule has 0 radical (unpaired) electrons. The molecule has 1 rings (SSSR count). The molecular formula is C10H13F3N4O. The number of anilines is 2. The van der Waals surface area contributed by atoms with Crippen LogP contribution >= 0.6 is 0 Å². The van der Waals surface area contributed by atoms with Gasteiger partial charge in [0, 0.05) is 0 Å². The number of nitrogen functional groups attached to an aromatic ring is 1. The zero-order valence-electron chi connectivity index (χ0n) is 9.80. The van der Waals surface area contributed by atoms with Crippen molar-refractivity contribution in [1.82, 2.24) is 4.98 Å². The number of nitrogens with two attached hydrogens (primary N) is 2. The summed E-state index contributed by atoms with van der Waals surface area (Å²) < 4.78 is 37.6. The number of alkyl halides is 3. The zero-order chi connectivity index (χ0) is 14.1. The summed E-state index contributed by atoms with van der Waals surface area (Å²) in [6, 6.07) is 1.48. The number of nitrogens with zero attached hydrogens (tertiary/aromatic N) is 1. The summed E-state index contributed by atoms with van der Waals surface area (Å²) in [5.74, 6) is -1.18. The van der Waals surface area contributed by atoms with Gasteiger partial charge in [-0.25, -0.2) is 4.98 Å². The van der Waals surface area contributed by atoms with Crippen LogP contribution in [0.4, 0.5) is 24.8 Å². The maximum Gasteiger partial charge on any atom is 0.416 e. The highest BCUT2D eigenvalue weighted by Crippen LogP contribution is 2.31. The van der Waals surface area contributed by atoms with E-state index >= 15 is 0 Å². The smallest absolute Gasteiger partial charge is 0.384 e. The topological polar surface area (TPSA) is 94.0 Å². The minimum Gasteiger partial charge on any atom is -0.384 e. The Morgan fingerprint density at radius 2 is 1.89 bits per heavy atom. The van der Waals surface area contributed by atoms with Gasteiger partial charge in [0.2, 0.25) is 5.91 Å². The van der Waals surface area contributed by atoms with Crippen molar-refractivity contribution < 1.29 is 18.0 Å². The van der Waals surface area contributed by atoms with Crippen LogP contribution in [0.25, 0.3) is 0 Å². The van der Waals surface area contributed by atoms with Crippen LogP contribution in [0, 0.1) is 0 Å². The van der Waals surface area contributed by atoms with E-state index in [1.807, 2.05) is 0 Å². The Morgan fingerprint density at radius 1 is 1.33 bits per heavy atom. The van der Waals surface area contributed by atoms with Gasteiger partial charge >= 0.3 is 6.18 Å². The van der Waals surface area contributed by atoms with Crippen molar-refractivity contribution in [2.24, 2.45) is 5.73 Å². The third kappa shape index (κ3) is 3.25. The number of hydrogen-bond acceptors (Lipinski definition) is 4. The van der Waals surface area contributed by atoms with Gasteiger partial charge in [-0.15, -0.1) is 0 Å². The minimum atomic E-state index is -4.54.